The van der Waals surface area contributed by atoms with Crippen molar-refractivity contribution in [2.24, 2.45) is 5.73 Å². The van der Waals surface area contributed by atoms with Gasteiger partial charge in [0.1, 0.15) is 0 Å². The van der Waals surface area contributed by atoms with Gasteiger partial charge in [0.05, 0.1) is 5.84 Å². The van der Waals surface area contributed by atoms with Crippen LogP contribution in [0.1, 0.15) is 50.4 Å². The Morgan fingerprint density at radius 1 is 1.47 bits per heavy atom. The van der Waals surface area contributed by atoms with Crippen LogP contribution in [0, 0.1) is 12.3 Å². The number of nitrogens with zero attached hydrogens (tertiary/aromatic N) is 3. The fourth-order valence-electron chi connectivity index (χ4n) is 2.07. The van der Waals surface area contributed by atoms with Gasteiger partial charge in [0.15, 0.2) is 0 Å². The fourth-order valence-corrected chi connectivity index (χ4v) is 2.07. The fraction of sp³-hybridized carbons (Fsp3) is 0.643. The van der Waals surface area contributed by atoms with E-state index in [0.717, 1.165) is 23.9 Å². The van der Waals surface area contributed by atoms with Gasteiger partial charge in [0.2, 0.25) is 5.95 Å². The third-order valence-corrected chi connectivity index (χ3v) is 3.32. The molecule has 1 aromatic heterocycles. The van der Waals surface area contributed by atoms with E-state index in [1.165, 1.54) is 12.8 Å². The molecular formula is C14H23N5. The number of anilines is 1. The van der Waals surface area contributed by atoms with Gasteiger partial charge in [-0.25, -0.2) is 9.97 Å². The predicted octanol–water partition coefficient (Wildman–Crippen LogP) is 2.20. The van der Waals surface area contributed by atoms with Gasteiger partial charge in [-0.05, 0) is 31.7 Å². The first kappa shape index (κ1) is 13.8. The summed E-state index contributed by atoms with van der Waals surface area (Å²) < 4.78 is 0. The largest absolute Gasteiger partial charge is 0.388 e. The van der Waals surface area contributed by atoms with Gasteiger partial charge in [0, 0.05) is 30.4 Å². The van der Waals surface area contributed by atoms with Gasteiger partial charge in [-0.15, -0.1) is 0 Å². The minimum absolute atomic E-state index is 0.224. The molecule has 3 N–H and O–H groups in total. The topological polar surface area (TPSA) is 78.9 Å². The highest BCUT2D eigenvalue weighted by Crippen LogP contribution is 2.30. The summed E-state index contributed by atoms with van der Waals surface area (Å²) in [6.45, 7) is 7.03. The van der Waals surface area contributed by atoms with Crippen LogP contribution in [0.2, 0.25) is 0 Å². The zero-order valence-corrected chi connectivity index (χ0v) is 12.0. The van der Waals surface area contributed by atoms with Crippen LogP contribution < -0.4 is 10.6 Å². The summed E-state index contributed by atoms with van der Waals surface area (Å²) >= 11 is 0. The second kappa shape index (κ2) is 5.55. The summed E-state index contributed by atoms with van der Waals surface area (Å²) in [7, 11) is 0. The van der Waals surface area contributed by atoms with Crippen molar-refractivity contribution in [2.45, 2.75) is 52.0 Å². The molecule has 0 bridgehead atoms. The van der Waals surface area contributed by atoms with Crippen LogP contribution in [-0.4, -0.2) is 28.4 Å². The third-order valence-electron chi connectivity index (χ3n) is 3.32. The lowest BCUT2D eigenvalue weighted by molar-refractivity contribution is 0.736. The van der Waals surface area contributed by atoms with E-state index in [1.54, 1.807) is 0 Å². The number of aryl methyl sites for hydroxylation is 1. The number of hydrogen-bond acceptors (Lipinski definition) is 4. The molecule has 5 heteroatoms. The van der Waals surface area contributed by atoms with E-state index in [9.17, 15) is 0 Å². The maximum Gasteiger partial charge on any atom is 0.226 e. The quantitative estimate of drug-likeness (QED) is 0.608. The lowest BCUT2D eigenvalue weighted by Gasteiger charge is -2.23. The Labute approximate surface area is 114 Å². The molecule has 0 aromatic carbocycles. The smallest absolute Gasteiger partial charge is 0.226 e. The second-order valence-corrected chi connectivity index (χ2v) is 5.59. The molecule has 2 rings (SSSR count). The summed E-state index contributed by atoms with van der Waals surface area (Å²) in [6.07, 6.45) is 2.95. The Morgan fingerprint density at radius 3 is 2.68 bits per heavy atom. The van der Waals surface area contributed by atoms with Crippen molar-refractivity contribution in [1.29, 1.82) is 5.41 Å². The monoisotopic (exact) mass is 261 g/mol. The van der Waals surface area contributed by atoms with Gasteiger partial charge in [-0.1, -0.05) is 13.8 Å². The maximum absolute atomic E-state index is 7.37. The Hall–Kier alpha value is -1.65. The molecule has 1 aliphatic carbocycles. The van der Waals surface area contributed by atoms with Crippen LogP contribution in [0.15, 0.2) is 6.07 Å². The SMILES string of the molecule is Cc1cc(C(C)C)nc(N(CCC(=N)N)C2CC2)n1. The van der Waals surface area contributed by atoms with E-state index >= 15 is 0 Å². The molecular weight excluding hydrogens is 238 g/mol. The molecule has 0 unspecified atom stereocenters. The van der Waals surface area contributed by atoms with Gasteiger partial charge >= 0.3 is 0 Å². The van der Waals surface area contributed by atoms with Crippen molar-refractivity contribution in [1.82, 2.24) is 9.97 Å². The molecule has 0 radical (unpaired) electrons. The molecule has 5 nitrogen and oxygen atoms in total. The molecule has 0 atom stereocenters. The molecule has 1 heterocycles. The van der Waals surface area contributed by atoms with Crippen molar-refractivity contribution >= 4 is 11.8 Å². The average Bonchev–Trinajstić information content (AvgIpc) is 3.12. The van der Waals surface area contributed by atoms with Crippen LogP contribution in [-0.2, 0) is 0 Å². The summed E-state index contributed by atoms with van der Waals surface area (Å²) in [5.41, 5.74) is 7.54. The van der Waals surface area contributed by atoms with E-state index in [4.69, 9.17) is 11.1 Å². The normalized spacial score (nSPS) is 14.7. The lowest BCUT2D eigenvalue weighted by atomic mass is 10.1. The van der Waals surface area contributed by atoms with Crippen LogP contribution in [0.5, 0.6) is 0 Å². The molecule has 1 fully saturated rings. The van der Waals surface area contributed by atoms with Crippen LogP contribution in [0.4, 0.5) is 5.95 Å². The third kappa shape index (κ3) is 3.66. The maximum atomic E-state index is 7.37. The van der Waals surface area contributed by atoms with Crippen molar-refractivity contribution in [2.75, 3.05) is 11.4 Å². The zero-order chi connectivity index (χ0) is 14.0. The highest BCUT2D eigenvalue weighted by Gasteiger charge is 2.31. The number of hydrogen-bond donors (Lipinski definition) is 2. The number of nitrogens with one attached hydrogen (secondary N) is 1. The Kier molecular flexibility index (Phi) is 4.02. The first-order valence-corrected chi connectivity index (χ1v) is 6.92. The lowest BCUT2D eigenvalue weighted by Crippen LogP contribution is -2.31. The molecule has 104 valence electrons. The molecule has 1 aromatic rings. The van der Waals surface area contributed by atoms with Crippen molar-refractivity contribution < 1.29 is 0 Å². The molecule has 1 aliphatic rings. The van der Waals surface area contributed by atoms with E-state index in [-0.39, 0.29) is 5.84 Å². The first-order valence-electron chi connectivity index (χ1n) is 6.92. The average molecular weight is 261 g/mol. The summed E-state index contributed by atoms with van der Waals surface area (Å²) in [5, 5.41) is 7.37. The van der Waals surface area contributed by atoms with Gasteiger partial charge in [-0.3, -0.25) is 5.41 Å². The molecule has 0 spiro atoms. The molecule has 0 saturated heterocycles. The van der Waals surface area contributed by atoms with Crippen molar-refractivity contribution in [3.8, 4) is 0 Å². The number of rotatable bonds is 6. The minimum Gasteiger partial charge on any atom is -0.388 e. The highest BCUT2D eigenvalue weighted by molar-refractivity contribution is 5.77. The van der Waals surface area contributed by atoms with Crippen LogP contribution in [0.25, 0.3) is 0 Å². The summed E-state index contributed by atoms with van der Waals surface area (Å²) in [4.78, 5) is 11.4. The zero-order valence-electron chi connectivity index (χ0n) is 12.0. The molecule has 0 amide bonds. The highest BCUT2D eigenvalue weighted by atomic mass is 15.3. The molecule has 1 saturated carbocycles. The predicted molar refractivity (Wildman–Crippen MR) is 77.8 cm³/mol. The van der Waals surface area contributed by atoms with E-state index in [0.29, 0.717) is 18.4 Å². The molecule has 0 aliphatic heterocycles. The second-order valence-electron chi connectivity index (χ2n) is 5.59. The Morgan fingerprint density at radius 2 is 2.16 bits per heavy atom. The Balaban J connectivity index is 2.22. The Bertz CT molecular complexity index is 465. The van der Waals surface area contributed by atoms with Crippen molar-refractivity contribution in [3.63, 3.8) is 0 Å². The first-order chi connectivity index (χ1) is 8.97. The number of aromatic nitrogens is 2. The summed E-state index contributed by atoms with van der Waals surface area (Å²) in [5.74, 6) is 1.42. The minimum atomic E-state index is 0.224. The van der Waals surface area contributed by atoms with Crippen molar-refractivity contribution in [3.05, 3.63) is 17.5 Å². The summed E-state index contributed by atoms with van der Waals surface area (Å²) in [6, 6.07) is 2.57. The van der Waals surface area contributed by atoms with E-state index < -0.39 is 0 Å². The number of nitrogens with two attached hydrogens (primary N) is 1. The van der Waals surface area contributed by atoms with Gasteiger partial charge in [0.25, 0.3) is 0 Å². The van der Waals surface area contributed by atoms with Crippen LogP contribution in [0.3, 0.4) is 0 Å². The molecule has 19 heavy (non-hydrogen) atoms. The van der Waals surface area contributed by atoms with E-state index in [1.807, 2.05) is 13.0 Å². The van der Waals surface area contributed by atoms with Gasteiger partial charge in [-0.2, -0.15) is 0 Å². The van der Waals surface area contributed by atoms with E-state index in [2.05, 4.69) is 28.7 Å². The number of amidine groups is 1. The van der Waals surface area contributed by atoms with Gasteiger partial charge < -0.3 is 10.6 Å². The van der Waals surface area contributed by atoms with Crippen LogP contribution >= 0.6 is 0 Å². The standard InChI is InChI=1S/C14H23N5/c1-9(2)12-8-10(3)17-14(18-12)19(11-4-5-11)7-6-13(15)16/h8-9,11H,4-7H2,1-3H3,(H3,15,16).